The summed E-state index contributed by atoms with van der Waals surface area (Å²) in [7, 11) is 0. The molecule has 2 fully saturated rings. The Balaban J connectivity index is 1.52. The van der Waals surface area contributed by atoms with Gasteiger partial charge in [0.1, 0.15) is 11.1 Å². The molecule has 0 unspecified atom stereocenters. The second kappa shape index (κ2) is 8.57. The van der Waals surface area contributed by atoms with Gasteiger partial charge in [-0.05, 0) is 71.2 Å². The number of nitrogens with zero attached hydrogens (tertiary/aromatic N) is 3. The van der Waals surface area contributed by atoms with Crippen LogP contribution in [0.25, 0.3) is 11.1 Å². The van der Waals surface area contributed by atoms with Crippen molar-refractivity contribution in [3.63, 3.8) is 0 Å². The minimum absolute atomic E-state index is 0.0476. The molecule has 6 nitrogen and oxygen atoms in total. The molecule has 2 atom stereocenters. The molecule has 2 aliphatic heterocycles. The van der Waals surface area contributed by atoms with Crippen LogP contribution in [-0.2, 0) is 17.5 Å². The molecular weight excluding hydrogens is 423 g/mol. The lowest BCUT2D eigenvalue weighted by Gasteiger charge is -2.41. The first-order chi connectivity index (χ1) is 15.0. The minimum Gasteiger partial charge on any atom is -0.444 e. The van der Waals surface area contributed by atoms with Crippen molar-refractivity contribution in [1.82, 2.24) is 14.8 Å². The number of aromatic nitrogens is 1. The van der Waals surface area contributed by atoms with Crippen LogP contribution < -0.4 is 0 Å². The maximum Gasteiger partial charge on any atom is 0.416 e. The number of halogens is 3. The molecule has 2 saturated heterocycles. The van der Waals surface area contributed by atoms with Gasteiger partial charge in [0.05, 0.1) is 18.2 Å². The smallest absolute Gasteiger partial charge is 0.416 e. The SMILES string of the molecule is CC(C)(C)OC(=O)N1CCC[C@H]1[C@H]1CCCCN1Cc1nc2cc(C(F)(F)F)ccc2o1. The number of amides is 1. The average molecular weight is 454 g/mol. The second-order valence-electron chi connectivity index (χ2n) is 9.70. The molecule has 3 heterocycles. The van der Waals surface area contributed by atoms with Gasteiger partial charge in [-0.2, -0.15) is 13.2 Å². The third-order valence-corrected chi connectivity index (χ3v) is 6.13. The lowest BCUT2D eigenvalue weighted by molar-refractivity contribution is -0.137. The van der Waals surface area contributed by atoms with Crippen LogP contribution in [0.3, 0.4) is 0 Å². The zero-order valence-corrected chi connectivity index (χ0v) is 18.7. The van der Waals surface area contributed by atoms with Crippen molar-refractivity contribution < 1.29 is 27.1 Å². The number of carbonyl (C=O) groups is 1. The van der Waals surface area contributed by atoms with Crippen LogP contribution >= 0.6 is 0 Å². The number of hydrogen-bond donors (Lipinski definition) is 0. The van der Waals surface area contributed by atoms with Crippen LogP contribution in [0.1, 0.15) is 64.3 Å². The van der Waals surface area contributed by atoms with Crippen molar-refractivity contribution in [1.29, 1.82) is 0 Å². The van der Waals surface area contributed by atoms with E-state index in [0.29, 0.717) is 24.6 Å². The van der Waals surface area contributed by atoms with Crippen molar-refractivity contribution in [2.24, 2.45) is 0 Å². The zero-order chi connectivity index (χ0) is 23.1. The summed E-state index contributed by atoms with van der Waals surface area (Å²) in [5.41, 5.74) is -0.735. The van der Waals surface area contributed by atoms with E-state index in [1.165, 1.54) is 6.07 Å². The summed E-state index contributed by atoms with van der Waals surface area (Å²) in [6, 6.07) is 3.55. The Kier molecular flexibility index (Phi) is 6.13. The highest BCUT2D eigenvalue weighted by molar-refractivity contribution is 5.73. The predicted molar refractivity (Wildman–Crippen MR) is 113 cm³/mol. The first kappa shape index (κ1) is 22.9. The predicted octanol–water partition coefficient (Wildman–Crippen LogP) is 5.60. The molecule has 0 saturated carbocycles. The number of alkyl halides is 3. The maximum absolute atomic E-state index is 13.0. The Bertz CT molecular complexity index is 967. The number of likely N-dealkylation sites (tertiary alicyclic amines) is 2. The Morgan fingerprint density at radius 3 is 2.59 bits per heavy atom. The second-order valence-corrected chi connectivity index (χ2v) is 9.70. The van der Waals surface area contributed by atoms with Gasteiger partial charge in [-0.15, -0.1) is 0 Å². The summed E-state index contributed by atoms with van der Waals surface area (Å²) in [5, 5.41) is 0. The number of oxazole rings is 1. The van der Waals surface area contributed by atoms with Crippen LogP contribution in [0.5, 0.6) is 0 Å². The van der Waals surface area contributed by atoms with Crippen LogP contribution in [0.4, 0.5) is 18.0 Å². The Morgan fingerprint density at radius 2 is 1.88 bits per heavy atom. The molecule has 0 bridgehead atoms. The Hall–Kier alpha value is -2.29. The highest BCUT2D eigenvalue weighted by Crippen LogP contribution is 2.33. The average Bonchev–Trinajstić information content (AvgIpc) is 3.32. The standard InChI is InChI=1S/C23H30F3N3O3/c1-22(2,3)32-21(30)29-12-6-8-18(29)17-7-4-5-11-28(17)14-20-27-16-13-15(23(24,25)26)9-10-19(16)31-20/h9-10,13,17-18H,4-8,11-12,14H2,1-3H3/t17-,18+/m1/s1. The molecule has 176 valence electrons. The van der Waals surface area contributed by atoms with E-state index in [4.69, 9.17) is 9.15 Å². The Labute approximate surface area is 185 Å². The molecule has 0 aliphatic carbocycles. The molecule has 2 aromatic rings. The van der Waals surface area contributed by atoms with Gasteiger partial charge in [0.25, 0.3) is 0 Å². The van der Waals surface area contributed by atoms with E-state index in [-0.39, 0.29) is 23.7 Å². The third-order valence-electron chi connectivity index (χ3n) is 6.13. The van der Waals surface area contributed by atoms with Gasteiger partial charge >= 0.3 is 12.3 Å². The highest BCUT2D eigenvalue weighted by Gasteiger charge is 2.40. The molecule has 1 aromatic heterocycles. The quantitative estimate of drug-likeness (QED) is 0.605. The summed E-state index contributed by atoms with van der Waals surface area (Å²) in [5.74, 6) is 0.396. The van der Waals surface area contributed by atoms with E-state index >= 15 is 0 Å². The fourth-order valence-electron chi connectivity index (χ4n) is 4.78. The van der Waals surface area contributed by atoms with Gasteiger partial charge in [-0.3, -0.25) is 4.90 Å². The lowest BCUT2D eigenvalue weighted by atomic mass is 9.94. The number of ether oxygens (including phenoxy) is 1. The van der Waals surface area contributed by atoms with Crippen molar-refractivity contribution in [2.45, 2.75) is 83.3 Å². The van der Waals surface area contributed by atoms with E-state index in [2.05, 4.69) is 9.88 Å². The fraction of sp³-hybridized carbons (Fsp3) is 0.652. The largest absolute Gasteiger partial charge is 0.444 e. The number of fused-ring (bicyclic) bond motifs is 1. The van der Waals surface area contributed by atoms with E-state index in [1.54, 1.807) is 0 Å². The first-order valence-electron chi connectivity index (χ1n) is 11.2. The van der Waals surface area contributed by atoms with E-state index < -0.39 is 17.3 Å². The molecule has 0 N–H and O–H groups in total. The number of rotatable bonds is 3. The monoisotopic (exact) mass is 453 g/mol. The molecule has 4 rings (SSSR count). The van der Waals surface area contributed by atoms with Gasteiger partial charge in [-0.25, -0.2) is 9.78 Å². The van der Waals surface area contributed by atoms with Crippen LogP contribution in [0.2, 0.25) is 0 Å². The molecule has 2 aliphatic rings. The van der Waals surface area contributed by atoms with Crippen LogP contribution in [-0.4, -0.2) is 51.7 Å². The number of benzene rings is 1. The van der Waals surface area contributed by atoms with Gasteiger partial charge in [-0.1, -0.05) is 6.42 Å². The summed E-state index contributed by atoms with van der Waals surface area (Å²) in [6.45, 7) is 7.49. The van der Waals surface area contributed by atoms with Gasteiger partial charge in [0.15, 0.2) is 5.58 Å². The third kappa shape index (κ3) is 5.03. The summed E-state index contributed by atoms with van der Waals surface area (Å²) in [6.07, 6.45) is 0.171. The molecule has 32 heavy (non-hydrogen) atoms. The summed E-state index contributed by atoms with van der Waals surface area (Å²) >= 11 is 0. The molecule has 9 heteroatoms. The normalized spacial score (nSPS) is 23.1. The molecule has 1 amide bonds. The highest BCUT2D eigenvalue weighted by atomic mass is 19.4. The van der Waals surface area contributed by atoms with Crippen LogP contribution in [0, 0.1) is 0 Å². The molecule has 0 radical (unpaired) electrons. The number of hydrogen-bond acceptors (Lipinski definition) is 5. The first-order valence-corrected chi connectivity index (χ1v) is 11.2. The zero-order valence-electron chi connectivity index (χ0n) is 18.7. The molecular formula is C23H30F3N3O3. The van der Waals surface area contributed by atoms with E-state index in [9.17, 15) is 18.0 Å². The molecule has 0 spiro atoms. The van der Waals surface area contributed by atoms with E-state index in [0.717, 1.165) is 50.8 Å². The van der Waals surface area contributed by atoms with Gasteiger partial charge in [0, 0.05) is 12.6 Å². The van der Waals surface area contributed by atoms with Crippen LogP contribution in [0.15, 0.2) is 22.6 Å². The van der Waals surface area contributed by atoms with Gasteiger partial charge in [0.2, 0.25) is 5.89 Å². The van der Waals surface area contributed by atoms with Crippen molar-refractivity contribution in [3.8, 4) is 0 Å². The fourth-order valence-corrected chi connectivity index (χ4v) is 4.78. The summed E-state index contributed by atoms with van der Waals surface area (Å²) in [4.78, 5) is 21.2. The van der Waals surface area contributed by atoms with Crippen molar-refractivity contribution in [2.75, 3.05) is 13.1 Å². The van der Waals surface area contributed by atoms with Crippen molar-refractivity contribution >= 4 is 17.2 Å². The lowest BCUT2D eigenvalue weighted by Crippen LogP contribution is -2.53. The van der Waals surface area contributed by atoms with Crippen molar-refractivity contribution in [3.05, 3.63) is 29.7 Å². The van der Waals surface area contributed by atoms with Gasteiger partial charge < -0.3 is 14.1 Å². The number of carbonyl (C=O) groups excluding carboxylic acids is 1. The minimum atomic E-state index is -4.42. The molecule has 1 aromatic carbocycles. The maximum atomic E-state index is 13.0. The topological polar surface area (TPSA) is 58.8 Å². The Morgan fingerprint density at radius 1 is 1.12 bits per heavy atom. The summed E-state index contributed by atoms with van der Waals surface area (Å²) < 4.78 is 50.4. The number of piperidine rings is 1. The van der Waals surface area contributed by atoms with E-state index in [1.807, 2.05) is 25.7 Å².